The van der Waals surface area contributed by atoms with Crippen molar-refractivity contribution in [2.24, 2.45) is 0 Å². The molecule has 1 fully saturated rings. The first-order valence-electron chi connectivity index (χ1n) is 6.15. The summed E-state index contributed by atoms with van der Waals surface area (Å²) in [5.41, 5.74) is 5.42. The Morgan fingerprint density at radius 1 is 1.56 bits per heavy atom. The van der Waals surface area contributed by atoms with Gasteiger partial charge in [-0.15, -0.1) is 5.10 Å². The summed E-state index contributed by atoms with van der Waals surface area (Å²) in [5.74, 6) is 0.249. The minimum absolute atomic E-state index is 0.0504. The Kier molecular flexibility index (Phi) is 3.81. The number of nitrogens with zero attached hydrogens (tertiary/aromatic N) is 5. The molecule has 1 amide bonds. The molecule has 7 heteroatoms. The lowest BCUT2D eigenvalue weighted by Gasteiger charge is -2.35. The Bertz CT molecular complexity index is 409. The first-order valence-corrected chi connectivity index (χ1v) is 6.15. The molecular weight excluding hydrogens is 232 g/mol. The quantitative estimate of drug-likeness (QED) is 0.778. The van der Waals surface area contributed by atoms with Crippen LogP contribution in [0.15, 0.2) is 6.33 Å². The molecule has 1 aromatic heterocycles. The van der Waals surface area contributed by atoms with Crippen LogP contribution in [-0.4, -0.2) is 63.7 Å². The minimum Gasteiger partial charge on any atom is -0.367 e. The summed E-state index contributed by atoms with van der Waals surface area (Å²) in [5, 5.41) is 3.92. The largest absolute Gasteiger partial charge is 0.367 e. The van der Waals surface area contributed by atoms with Crippen molar-refractivity contribution >= 4 is 11.9 Å². The van der Waals surface area contributed by atoms with Gasteiger partial charge in [-0.2, -0.15) is 0 Å². The van der Waals surface area contributed by atoms with E-state index in [-0.39, 0.29) is 18.4 Å². The van der Waals surface area contributed by atoms with Gasteiger partial charge in [0.2, 0.25) is 11.9 Å². The van der Waals surface area contributed by atoms with Gasteiger partial charge in [0.05, 0.1) is 0 Å². The molecule has 7 nitrogen and oxygen atoms in total. The van der Waals surface area contributed by atoms with Gasteiger partial charge in [-0.1, -0.05) is 0 Å². The van der Waals surface area contributed by atoms with E-state index in [4.69, 9.17) is 5.73 Å². The van der Waals surface area contributed by atoms with Crippen LogP contribution in [0.4, 0.5) is 5.95 Å². The molecule has 1 aliphatic rings. The molecule has 0 aliphatic carbocycles. The van der Waals surface area contributed by atoms with Crippen LogP contribution in [0.5, 0.6) is 0 Å². The van der Waals surface area contributed by atoms with Gasteiger partial charge in [-0.05, 0) is 33.0 Å². The Balaban J connectivity index is 1.88. The van der Waals surface area contributed by atoms with Crippen molar-refractivity contribution < 1.29 is 4.79 Å². The third kappa shape index (κ3) is 2.98. The summed E-state index contributed by atoms with van der Waals surface area (Å²) in [6, 6.07) is 0.328. The van der Waals surface area contributed by atoms with Gasteiger partial charge in [0.15, 0.2) is 0 Å². The van der Waals surface area contributed by atoms with Crippen molar-refractivity contribution in [3.63, 3.8) is 0 Å². The van der Waals surface area contributed by atoms with Crippen molar-refractivity contribution in [1.29, 1.82) is 0 Å². The molecule has 0 spiro atoms. The normalized spacial score (nSPS) is 17.9. The van der Waals surface area contributed by atoms with E-state index in [0.29, 0.717) is 6.04 Å². The van der Waals surface area contributed by atoms with Gasteiger partial charge in [0, 0.05) is 13.1 Å². The van der Waals surface area contributed by atoms with E-state index in [1.165, 1.54) is 11.0 Å². The van der Waals surface area contributed by atoms with E-state index < -0.39 is 0 Å². The molecule has 0 saturated carbocycles. The van der Waals surface area contributed by atoms with Crippen molar-refractivity contribution in [2.75, 3.05) is 32.9 Å². The van der Waals surface area contributed by atoms with Crippen LogP contribution in [0.3, 0.4) is 0 Å². The first-order chi connectivity index (χ1) is 8.56. The highest BCUT2D eigenvalue weighted by Gasteiger charge is 2.24. The second-order valence-electron chi connectivity index (χ2n) is 4.84. The number of carbonyl (C=O) groups excluding carboxylic acids is 1. The molecule has 1 aromatic rings. The maximum absolute atomic E-state index is 12.1. The number of nitrogens with two attached hydrogens (primary N) is 1. The first kappa shape index (κ1) is 12.8. The zero-order valence-electron chi connectivity index (χ0n) is 10.9. The van der Waals surface area contributed by atoms with Crippen LogP contribution in [-0.2, 0) is 11.3 Å². The summed E-state index contributed by atoms with van der Waals surface area (Å²) < 4.78 is 1.48. The van der Waals surface area contributed by atoms with Crippen LogP contribution in [0, 0.1) is 0 Å². The fraction of sp³-hybridized carbons (Fsp3) is 0.727. The topological polar surface area (TPSA) is 80.3 Å². The molecule has 1 aliphatic heterocycles. The summed E-state index contributed by atoms with van der Waals surface area (Å²) in [6.45, 7) is 2.28. The van der Waals surface area contributed by atoms with Crippen LogP contribution in [0.25, 0.3) is 0 Å². The number of carbonyl (C=O) groups is 1. The molecule has 2 heterocycles. The summed E-state index contributed by atoms with van der Waals surface area (Å²) in [6.07, 6.45) is 3.53. The summed E-state index contributed by atoms with van der Waals surface area (Å²) in [4.78, 5) is 20.0. The number of hydrogen-bond donors (Lipinski definition) is 1. The molecule has 0 unspecified atom stereocenters. The second-order valence-corrected chi connectivity index (χ2v) is 4.84. The molecule has 2 rings (SSSR count). The van der Waals surface area contributed by atoms with E-state index in [1.54, 1.807) is 0 Å². The minimum atomic E-state index is 0.0504. The number of rotatable bonds is 3. The number of anilines is 1. The molecule has 0 radical (unpaired) electrons. The highest BCUT2D eigenvalue weighted by molar-refractivity contribution is 5.75. The van der Waals surface area contributed by atoms with E-state index in [2.05, 4.69) is 22.0 Å². The van der Waals surface area contributed by atoms with Crippen molar-refractivity contribution in [3.05, 3.63) is 6.33 Å². The van der Waals surface area contributed by atoms with Gasteiger partial charge < -0.3 is 15.5 Å². The van der Waals surface area contributed by atoms with Gasteiger partial charge in [-0.3, -0.25) is 4.79 Å². The number of piperidine rings is 1. The second kappa shape index (κ2) is 5.34. The van der Waals surface area contributed by atoms with E-state index in [1.807, 2.05) is 11.9 Å². The lowest BCUT2D eigenvalue weighted by atomic mass is 10.0. The number of likely N-dealkylation sites (tertiary alicyclic amines) is 1. The Labute approximate surface area is 107 Å². The summed E-state index contributed by atoms with van der Waals surface area (Å²) in [7, 11) is 3.97. The third-order valence-electron chi connectivity index (χ3n) is 3.48. The number of nitrogen functional groups attached to an aromatic ring is 1. The average Bonchev–Trinajstić information content (AvgIpc) is 2.75. The molecule has 0 aromatic carbocycles. The standard InChI is InChI=1S/C11H20N6O/c1-15-5-3-9(4-6-15)16(2)10(18)7-17-8-13-11(12)14-17/h8-9H,3-7H2,1-2H3,(H2,12,14). The molecule has 100 valence electrons. The Hall–Kier alpha value is -1.63. The van der Waals surface area contributed by atoms with Gasteiger partial charge >= 0.3 is 0 Å². The maximum Gasteiger partial charge on any atom is 0.244 e. The fourth-order valence-corrected chi connectivity index (χ4v) is 2.22. The fourth-order valence-electron chi connectivity index (χ4n) is 2.22. The molecule has 1 saturated heterocycles. The van der Waals surface area contributed by atoms with E-state index in [9.17, 15) is 4.79 Å². The highest BCUT2D eigenvalue weighted by atomic mass is 16.2. The molecular formula is C11H20N6O. The van der Waals surface area contributed by atoms with Crippen LogP contribution >= 0.6 is 0 Å². The third-order valence-corrected chi connectivity index (χ3v) is 3.48. The van der Waals surface area contributed by atoms with Gasteiger partial charge in [0.1, 0.15) is 12.9 Å². The maximum atomic E-state index is 12.1. The number of amides is 1. The molecule has 18 heavy (non-hydrogen) atoms. The number of likely N-dealkylation sites (N-methyl/N-ethyl adjacent to an activating group) is 1. The van der Waals surface area contributed by atoms with E-state index >= 15 is 0 Å². The monoisotopic (exact) mass is 252 g/mol. The SMILES string of the molecule is CN1CCC(N(C)C(=O)Cn2cnc(N)n2)CC1. The zero-order chi connectivity index (χ0) is 13.1. The molecule has 0 atom stereocenters. The van der Waals surface area contributed by atoms with Crippen molar-refractivity contribution in [1.82, 2.24) is 24.6 Å². The molecule has 0 bridgehead atoms. The lowest BCUT2D eigenvalue weighted by Crippen LogP contribution is -2.45. The Morgan fingerprint density at radius 3 is 2.78 bits per heavy atom. The van der Waals surface area contributed by atoms with Gasteiger partial charge in [0.25, 0.3) is 0 Å². The summed E-state index contributed by atoms with van der Waals surface area (Å²) >= 11 is 0. The Morgan fingerprint density at radius 2 is 2.22 bits per heavy atom. The number of hydrogen-bond acceptors (Lipinski definition) is 5. The van der Waals surface area contributed by atoms with Crippen molar-refractivity contribution in [2.45, 2.75) is 25.4 Å². The zero-order valence-corrected chi connectivity index (χ0v) is 10.9. The van der Waals surface area contributed by atoms with Crippen molar-refractivity contribution in [3.8, 4) is 0 Å². The smallest absolute Gasteiger partial charge is 0.244 e. The predicted molar refractivity (Wildman–Crippen MR) is 67.7 cm³/mol. The van der Waals surface area contributed by atoms with E-state index in [0.717, 1.165) is 25.9 Å². The predicted octanol–water partition coefficient (Wildman–Crippen LogP) is -0.587. The lowest BCUT2D eigenvalue weighted by molar-refractivity contribution is -0.133. The highest BCUT2D eigenvalue weighted by Crippen LogP contribution is 2.14. The van der Waals surface area contributed by atoms with Crippen LogP contribution < -0.4 is 5.73 Å². The van der Waals surface area contributed by atoms with Crippen LogP contribution in [0.2, 0.25) is 0 Å². The molecule has 2 N–H and O–H groups in total. The van der Waals surface area contributed by atoms with Gasteiger partial charge in [-0.25, -0.2) is 9.67 Å². The van der Waals surface area contributed by atoms with Crippen LogP contribution in [0.1, 0.15) is 12.8 Å². The average molecular weight is 252 g/mol. The number of aromatic nitrogens is 3.